The minimum absolute atomic E-state index is 0.00373. The van der Waals surface area contributed by atoms with E-state index in [4.69, 9.17) is 39.5 Å². The van der Waals surface area contributed by atoms with Crippen LogP contribution in [0.25, 0.3) is 0 Å². The van der Waals surface area contributed by atoms with E-state index in [0.717, 1.165) is 11.1 Å². The van der Waals surface area contributed by atoms with E-state index in [1.54, 1.807) is 12.1 Å². The van der Waals surface area contributed by atoms with Crippen molar-refractivity contribution in [2.24, 2.45) is 12.1 Å². The maximum absolute atomic E-state index is 11.7. The highest BCUT2D eigenvalue weighted by Crippen LogP contribution is 2.33. The van der Waals surface area contributed by atoms with Crippen LogP contribution in [-0.4, -0.2) is 22.6 Å². The molecule has 0 atom stereocenters. The predicted molar refractivity (Wildman–Crippen MR) is 98.0 cm³/mol. The van der Waals surface area contributed by atoms with E-state index >= 15 is 0 Å². The molecule has 0 spiro atoms. The quantitative estimate of drug-likeness (QED) is 0.599. The Morgan fingerprint density at radius 1 is 1.33 bits per heavy atom. The van der Waals surface area contributed by atoms with Gasteiger partial charge in [0.1, 0.15) is 10.7 Å². The number of hydrogen-bond acceptors (Lipinski definition) is 5. The maximum atomic E-state index is 11.7. The summed E-state index contributed by atoms with van der Waals surface area (Å²) in [5.41, 5.74) is 3.21. The van der Waals surface area contributed by atoms with Crippen LogP contribution in [0.4, 0.5) is 5.69 Å². The number of ether oxygens (including phenoxy) is 1. The third kappa shape index (κ3) is 4.41. The Morgan fingerprint density at radius 3 is 2.62 bits per heavy atom. The highest BCUT2D eigenvalue weighted by molar-refractivity contribution is 6.37. The van der Waals surface area contributed by atoms with Gasteiger partial charge in [-0.2, -0.15) is 10.2 Å². The molecule has 0 fully saturated rings. The minimum Gasteiger partial charge on any atom is -0.490 e. The zero-order valence-electron chi connectivity index (χ0n) is 13.0. The summed E-state index contributed by atoms with van der Waals surface area (Å²) in [5.74, 6) is 0.448. The van der Waals surface area contributed by atoms with Gasteiger partial charge in [-0.3, -0.25) is 10.2 Å². The molecule has 9 heteroatoms. The SMILES string of the molecule is CCCOc1c(Cl)cc(/C=N\Nc2cnn(C)c(=O)c2Cl)cc1Cl. The molecule has 0 aliphatic carbocycles. The second-order valence-corrected chi connectivity index (χ2v) is 6.03. The standard InChI is InChI=1S/C15H15Cl3N4O2/c1-3-4-24-14-10(16)5-9(6-11(14)17)7-19-21-12-8-20-22(2)15(23)13(12)18/h5-8,21H,3-4H2,1-2H3/b19-7-. The number of nitrogens with zero attached hydrogens (tertiary/aromatic N) is 3. The summed E-state index contributed by atoms with van der Waals surface area (Å²) in [6, 6.07) is 3.35. The van der Waals surface area contributed by atoms with E-state index in [9.17, 15) is 4.79 Å². The molecule has 0 bridgehead atoms. The Labute approximate surface area is 154 Å². The van der Waals surface area contributed by atoms with Crippen molar-refractivity contribution in [1.29, 1.82) is 0 Å². The molecule has 0 amide bonds. The molecular weight excluding hydrogens is 375 g/mol. The second-order valence-electron chi connectivity index (χ2n) is 4.83. The van der Waals surface area contributed by atoms with Crippen molar-refractivity contribution < 1.29 is 4.74 Å². The van der Waals surface area contributed by atoms with Gasteiger partial charge in [0.05, 0.1) is 29.1 Å². The number of aryl methyl sites for hydroxylation is 1. The van der Waals surface area contributed by atoms with Crippen LogP contribution in [0.1, 0.15) is 18.9 Å². The molecule has 6 nitrogen and oxygen atoms in total. The molecule has 2 rings (SSSR count). The third-order valence-corrected chi connectivity index (χ3v) is 3.87. The monoisotopic (exact) mass is 388 g/mol. The summed E-state index contributed by atoms with van der Waals surface area (Å²) >= 11 is 18.3. The predicted octanol–water partition coefficient (Wildman–Crippen LogP) is 3.98. The first-order valence-corrected chi connectivity index (χ1v) is 8.20. The number of hydrogen-bond donors (Lipinski definition) is 1. The summed E-state index contributed by atoms with van der Waals surface area (Å²) in [5, 5.41) is 8.66. The van der Waals surface area contributed by atoms with Crippen LogP contribution < -0.4 is 15.7 Å². The van der Waals surface area contributed by atoms with Gasteiger partial charge in [-0.1, -0.05) is 41.7 Å². The van der Waals surface area contributed by atoms with Crippen molar-refractivity contribution in [3.63, 3.8) is 0 Å². The highest BCUT2D eigenvalue weighted by Gasteiger charge is 2.09. The Morgan fingerprint density at radius 2 is 2.00 bits per heavy atom. The molecule has 0 unspecified atom stereocenters. The molecule has 1 N–H and O–H groups in total. The van der Waals surface area contributed by atoms with Crippen LogP contribution in [0.15, 0.2) is 28.2 Å². The van der Waals surface area contributed by atoms with Gasteiger partial charge in [-0.05, 0) is 24.1 Å². The lowest BCUT2D eigenvalue weighted by molar-refractivity contribution is 0.318. The van der Waals surface area contributed by atoms with Gasteiger partial charge in [0.2, 0.25) is 0 Å². The number of nitrogens with one attached hydrogen (secondary N) is 1. The van der Waals surface area contributed by atoms with Gasteiger partial charge in [0.25, 0.3) is 5.56 Å². The molecule has 0 aliphatic heterocycles. The van der Waals surface area contributed by atoms with E-state index in [2.05, 4.69) is 15.6 Å². The zero-order valence-corrected chi connectivity index (χ0v) is 15.3. The summed E-state index contributed by atoms with van der Waals surface area (Å²) in [4.78, 5) is 11.7. The largest absolute Gasteiger partial charge is 0.490 e. The van der Waals surface area contributed by atoms with Crippen molar-refractivity contribution in [2.45, 2.75) is 13.3 Å². The number of halogens is 3. The lowest BCUT2D eigenvalue weighted by Crippen LogP contribution is -2.20. The van der Waals surface area contributed by atoms with E-state index in [0.29, 0.717) is 33.7 Å². The Balaban J connectivity index is 2.15. The highest BCUT2D eigenvalue weighted by atomic mass is 35.5. The molecular formula is C15H15Cl3N4O2. The Kier molecular flexibility index (Phi) is 6.48. The second kappa shape index (κ2) is 8.37. The smallest absolute Gasteiger partial charge is 0.287 e. The number of rotatable bonds is 6. The van der Waals surface area contributed by atoms with E-state index in [-0.39, 0.29) is 5.02 Å². The molecule has 0 aliphatic rings. The van der Waals surface area contributed by atoms with Gasteiger partial charge >= 0.3 is 0 Å². The minimum atomic E-state index is -0.416. The lowest BCUT2D eigenvalue weighted by atomic mass is 10.2. The third-order valence-electron chi connectivity index (χ3n) is 2.95. The average Bonchev–Trinajstić information content (AvgIpc) is 2.54. The van der Waals surface area contributed by atoms with Crippen molar-refractivity contribution in [2.75, 3.05) is 12.0 Å². The Bertz CT molecular complexity index is 798. The summed E-state index contributed by atoms with van der Waals surface area (Å²) in [6.07, 6.45) is 3.75. The van der Waals surface area contributed by atoms with Gasteiger partial charge in [0, 0.05) is 7.05 Å². The van der Waals surface area contributed by atoms with Crippen LogP contribution in [0.2, 0.25) is 15.1 Å². The molecule has 24 heavy (non-hydrogen) atoms. The molecule has 0 saturated heterocycles. The maximum Gasteiger partial charge on any atom is 0.287 e. The normalized spacial score (nSPS) is 11.0. The van der Waals surface area contributed by atoms with Gasteiger partial charge in [0.15, 0.2) is 5.75 Å². The van der Waals surface area contributed by atoms with Crippen molar-refractivity contribution in [3.8, 4) is 5.75 Å². The summed E-state index contributed by atoms with van der Waals surface area (Å²) in [6.45, 7) is 2.52. The first-order valence-electron chi connectivity index (χ1n) is 7.06. The lowest BCUT2D eigenvalue weighted by Gasteiger charge is -2.09. The van der Waals surface area contributed by atoms with Gasteiger partial charge in [-0.15, -0.1) is 0 Å². The average molecular weight is 390 g/mol. The topological polar surface area (TPSA) is 68.5 Å². The van der Waals surface area contributed by atoms with Crippen LogP contribution in [0.3, 0.4) is 0 Å². The van der Waals surface area contributed by atoms with Gasteiger partial charge in [-0.25, -0.2) is 4.68 Å². The first-order chi connectivity index (χ1) is 11.4. The summed E-state index contributed by atoms with van der Waals surface area (Å²) in [7, 11) is 1.51. The molecule has 0 radical (unpaired) electrons. The zero-order chi connectivity index (χ0) is 17.7. The van der Waals surface area contributed by atoms with Crippen molar-refractivity contribution in [1.82, 2.24) is 9.78 Å². The van der Waals surface area contributed by atoms with Crippen LogP contribution in [-0.2, 0) is 7.05 Å². The number of aromatic nitrogens is 2. The molecule has 2 aromatic rings. The fourth-order valence-electron chi connectivity index (χ4n) is 1.76. The van der Waals surface area contributed by atoms with E-state index in [1.165, 1.54) is 19.5 Å². The fourth-order valence-corrected chi connectivity index (χ4v) is 2.59. The van der Waals surface area contributed by atoms with Crippen molar-refractivity contribution in [3.05, 3.63) is 49.3 Å². The van der Waals surface area contributed by atoms with E-state index < -0.39 is 5.56 Å². The molecule has 0 saturated carbocycles. The first kappa shape index (κ1) is 18.6. The molecule has 1 aromatic heterocycles. The molecule has 1 aromatic carbocycles. The van der Waals surface area contributed by atoms with Crippen LogP contribution in [0, 0.1) is 0 Å². The number of hydrazone groups is 1. The van der Waals surface area contributed by atoms with Crippen LogP contribution >= 0.6 is 34.8 Å². The van der Waals surface area contributed by atoms with Crippen molar-refractivity contribution >= 4 is 46.7 Å². The number of benzene rings is 1. The fraction of sp³-hybridized carbons (Fsp3) is 0.267. The van der Waals surface area contributed by atoms with Crippen LogP contribution in [0.5, 0.6) is 5.75 Å². The molecule has 128 valence electrons. The summed E-state index contributed by atoms with van der Waals surface area (Å²) < 4.78 is 6.63. The van der Waals surface area contributed by atoms with E-state index in [1.807, 2.05) is 6.92 Å². The Hall–Kier alpha value is -1.76. The van der Waals surface area contributed by atoms with Gasteiger partial charge < -0.3 is 4.74 Å². The molecule has 1 heterocycles. The number of anilines is 1.